The summed E-state index contributed by atoms with van der Waals surface area (Å²) in [6.07, 6.45) is 0.566. The second kappa shape index (κ2) is 8.43. The van der Waals surface area contributed by atoms with Crippen molar-refractivity contribution in [2.45, 2.75) is 6.42 Å². The highest BCUT2D eigenvalue weighted by molar-refractivity contribution is 5.92. The van der Waals surface area contributed by atoms with Gasteiger partial charge in [-0.25, -0.2) is 4.79 Å². The molecule has 26 heavy (non-hydrogen) atoms. The highest BCUT2D eigenvalue weighted by atomic mass is 16.5. The van der Waals surface area contributed by atoms with E-state index in [1.165, 1.54) is 36.4 Å². The zero-order valence-electron chi connectivity index (χ0n) is 13.4. The van der Waals surface area contributed by atoms with Crippen molar-refractivity contribution in [2.75, 3.05) is 6.61 Å². The average Bonchev–Trinajstić information content (AvgIpc) is 2.63. The van der Waals surface area contributed by atoms with E-state index in [1.807, 2.05) is 0 Å². The minimum Gasteiger partial charge on any atom is -0.507 e. The molecule has 0 saturated carbocycles. The molecule has 0 heterocycles. The summed E-state index contributed by atoms with van der Waals surface area (Å²) in [5, 5.41) is 18.7. The lowest BCUT2D eigenvalue weighted by molar-refractivity contribution is -0.135. The second-order valence-corrected chi connectivity index (χ2v) is 5.09. The molecule has 0 amide bonds. The summed E-state index contributed by atoms with van der Waals surface area (Å²) in [4.78, 5) is 45.0. The van der Waals surface area contributed by atoms with E-state index in [9.17, 15) is 29.4 Å². The fraction of sp³-hybridized carbons (Fsp3) is 0.111. The normalized spacial score (nSPS) is 10.0. The van der Waals surface area contributed by atoms with Gasteiger partial charge in [0.15, 0.2) is 12.6 Å². The van der Waals surface area contributed by atoms with Gasteiger partial charge in [0.25, 0.3) is 0 Å². The van der Waals surface area contributed by atoms with Crippen molar-refractivity contribution in [3.63, 3.8) is 0 Å². The maximum Gasteiger partial charge on any atom is 0.338 e. The standard InChI is InChI=1S/C18H14O8/c19-9-12-7-11(1-3-15(12)21)18(24)25-6-5-17(23)26-14-2-4-16(22)13(8-14)10-20/h1-4,7-10,21-22H,5-6H2. The third kappa shape index (κ3) is 4.67. The Morgan fingerprint density at radius 1 is 0.923 bits per heavy atom. The SMILES string of the molecule is O=Cc1cc(OC(=O)CCOC(=O)c2ccc(O)c(C=O)c2)ccc1O. The molecule has 0 atom stereocenters. The Hall–Kier alpha value is -3.68. The first-order valence-corrected chi connectivity index (χ1v) is 7.38. The summed E-state index contributed by atoms with van der Waals surface area (Å²) >= 11 is 0. The maximum absolute atomic E-state index is 11.8. The number of phenols is 2. The van der Waals surface area contributed by atoms with Crippen LogP contribution in [0, 0.1) is 0 Å². The van der Waals surface area contributed by atoms with E-state index in [-0.39, 0.29) is 47.0 Å². The highest BCUT2D eigenvalue weighted by Gasteiger charge is 2.13. The minimum atomic E-state index is -0.770. The summed E-state index contributed by atoms with van der Waals surface area (Å²) in [7, 11) is 0. The predicted octanol–water partition coefficient (Wildman–Crippen LogP) is 1.88. The monoisotopic (exact) mass is 358 g/mol. The topological polar surface area (TPSA) is 127 Å². The first kappa shape index (κ1) is 18.7. The molecule has 8 heteroatoms. The summed E-state index contributed by atoms with van der Waals surface area (Å²) < 4.78 is 9.88. The number of phenolic OH excluding ortho intramolecular Hbond substituents is 2. The first-order valence-electron chi connectivity index (χ1n) is 7.38. The van der Waals surface area contributed by atoms with Crippen LogP contribution in [0.25, 0.3) is 0 Å². The molecule has 2 aromatic carbocycles. The first-order chi connectivity index (χ1) is 12.4. The van der Waals surface area contributed by atoms with Gasteiger partial charge in [-0.15, -0.1) is 0 Å². The van der Waals surface area contributed by atoms with Gasteiger partial charge < -0.3 is 19.7 Å². The lowest BCUT2D eigenvalue weighted by atomic mass is 10.1. The van der Waals surface area contributed by atoms with E-state index in [1.54, 1.807) is 0 Å². The summed E-state index contributed by atoms with van der Waals surface area (Å²) in [5.41, 5.74) is -0.0374. The van der Waals surface area contributed by atoms with Gasteiger partial charge in [-0.2, -0.15) is 0 Å². The third-order valence-corrected chi connectivity index (χ3v) is 3.29. The number of hydrogen-bond donors (Lipinski definition) is 2. The Morgan fingerprint density at radius 2 is 1.54 bits per heavy atom. The zero-order valence-corrected chi connectivity index (χ0v) is 13.4. The van der Waals surface area contributed by atoms with Crippen LogP contribution in [0.15, 0.2) is 36.4 Å². The Bertz CT molecular complexity index is 856. The van der Waals surface area contributed by atoms with Crippen molar-refractivity contribution >= 4 is 24.5 Å². The Balaban J connectivity index is 1.87. The molecule has 0 unspecified atom stereocenters. The van der Waals surface area contributed by atoms with Gasteiger partial charge in [-0.1, -0.05) is 0 Å². The lowest BCUT2D eigenvalue weighted by Crippen LogP contribution is -2.14. The summed E-state index contributed by atoms with van der Waals surface area (Å²) in [6.45, 7) is -0.270. The number of benzene rings is 2. The van der Waals surface area contributed by atoms with Crippen LogP contribution >= 0.6 is 0 Å². The Morgan fingerprint density at radius 3 is 2.19 bits per heavy atom. The smallest absolute Gasteiger partial charge is 0.338 e. The van der Waals surface area contributed by atoms with E-state index < -0.39 is 11.9 Å². The molecule has 0 aliphatic heterocycles. The molecular weight excluding hydrogens is 344 g/mol. The summed E-state index contributed by atoms with van der Waals surface area (Å²) in [6, 6.07) is 7.35. The molecule has 0 aromatic heterocycles. The van der Waals surface area contributed by atoms with Crippen molar-refractivity contribution in [2.24, 2.45) is 0 Å². The number of aldehydes is 2. The molecule has 2 aromatic rings. The number of hydrogen-bond acceptors (Lipinski definition) is 8. The van der Waals surface area contributed by atoms with Crippen molar-refractivity contribution in [3.8, 4) is 17.2 Å². The molecule has 0 spiro atoms. The van der Waals surface area contributed by atoms with Gasteiger partial charge in [0.1, 0.15) is 23.9 Å². The second-order valence-electron chi connectivity index (χ2n) is 5.09. The number of rotatable bonds is 7. The molecule has 0 fully saturated rings. The minimum absolute atomic E-state index is 0.0277. The van der Waals surface area contributed by atoms with Crippen LogP contribution in [0.5, 0.6) is 17.2 Å². The van der Waals surface area contributed by atoms with Crippen LogP contribution in [0.4, 0.5) is 0 Å². The Kier molecular flexibility index (Phi) is 6.05. The largest absolute Gasteiger partial charge is 0.507 e. The zero-order chi connectivity index (χ0) is 19.1. The van der Waals surface area contributed by atoms with Gasteiger partial charge >= 0.3 is 11.9 Å². The van der Waals surface area contributed by atoms with Crippen LogP contribution in [0.2, 0.25) is 0 Å². The highest BCUT2D eigenvalue weighted by Crippen LogP contribution is 2.21. The number of esters is 2. The number of carbonyl (C=O) groups excluding carboxylic acids is 4. The van der Waals surface area contributed by atoms with Gasteiger partial charge in [-0.3, -0.25) is 14.4 Å². The Labute approximate surface area is 147 Å². The molecule has 0 saturated heterocycles. The maximum atomic E-state index is 11.8. The number of carbonyl (C=O) groups is 4. The fourth-order valence-electron chi connectivity index (χ4n) is 1.96. The van der Waals surface area contributed by atoms with E-state index in [0.29, 0.717) is 12.6 Å². The van der Waals surface area contributed by atoms with Gasteiger partial charge in [0.05, 0.1) is 23.1 Å². The molecule has 0 bridgehead atoms. The molecule has 0 radical (unpaired) electrons. The van der Waals surface area contributed by atoms with Crippen LogP contribution in [0.3, 0.4) is 0 Å². The van der Waals surface area contributed by atoms with Crippen molar-refractivity contribution in [1.29, 1.82) is 0 Å². The van der Waals surface area contributed by atoms with Crippen molar-refractivity contribution < 1.29 is 38.9 Å². The fourth-order valence-corrected chi connectivity index (χ4v) is 1.96. The van der Waals surface area contributed by atoms with Crippen molar-refractivity contribution in [3.05, 3.63) is 53.1 Å². The van der Waals surface area contributed by atoms with Crippen LogP contribution < -0.4 is 4.74 Å². The van der Waals surface area contributed by atoms with E-state index >= 15 is 0 Å². The molecule has 2 N–H and O–H groups in total. The lowest BCUT2D eigenvalue weighted by Gasteiger charge is -2.07. The molecular formula is C18H14O8. The number of aromatic hydroxyl groups is 2. The van der Waals surface area contributed by atoms with Gasteiger partial charge in [0.2, 0.25) is 0 Å². The molecule has 134 valence electrons. The predicted molar refractivity (Wildman–Crippen MR) is 87.5 cm³/mol. The van der Waals surface area contributed by atoms with E-state index in [0.717, 1.165) is 0 Å². The third-order valence-electron chi connectivity index (χ3n) is 3.29. The molecule has 2 rings (SSSR count). The van der Waals surface area contributed by atoms with Crippen LogP contribution in [0.1, 0.15) is 37.5 Å². The van der Waals surface area contributed by atoms with Crippen molar-refractivity contribution in [1.82, 2.24) is 0 Å². The van der Waals surface area contributed by atoms with E-state index in [4.69, 9.17) is 9.47 Å². The van der Waals surface area contributed by atoms with Gasteiger partial charge in [0, 0.05) is 0 Å². The average molecular weight is 358 g/mol. The van der Waals surface area contributed by atoms with Crippen LogP contribution in [-0.2, 0) is 9.53 Å². The quantitative estimate of drug-likeness (QED) is 0.436. The summed E-state index contributed by atoms with van der Waals surface area (Å²) in [5.74, 6) is -1.91. The number of ether oxygens (including phenoxy) is 2. The molecule has 0 aliphatic carbocycles. The van der Waals surface area contributed by atoms with Gasteiger partial charge in [-0.05, 0) is 36.4 Å². The molecule has 0 aliphatic rings. The van der Waals surface area contributed by atoms with E-state index in [2.05, 4.69) is 0 Å². The van der Waals surface area contributed by atoms with Crippen LogP contribution in [-0.4, -0.2) is 41.3 Å². The molecule has 8 nitrogen and oxygen atoms in total.